The highest BCUT2D eigenvalue weighted by Crippen LogP contribution is 2.68. The highest BCUT2D eigenvalue weighted by atomic mass is 35.5. The van der Waals surface area contributed by atoms with Gasteiger partial charge in [-0.2, -0.15) is 0 Å². The number of amides is 2. The molecule has 4 aliphatic rings. The van der Waals surface area contributed by atoms with Crippen LogP contribution in [-0.2, 0) is 20.5 Å². The lowest BCUT2D eigenvalue weighted by molar-refractivity contribution is -0.137. The summed E-state index contributed by atoms with van der Waals surface area (Å²) in [5, 5.41) is 6.54. The van der Waals surface area contributed by atoms with Gasteiger partial charge in [-0.15, -0.1) is 0 Å². The lowest BCUT2D eigenvalue weighted by Crippen LogP contribution is -2.62. The summed E-state index contributed by atoms with van der Waals surface area (Å²) in [6, 6.07) is 18.0. The first kappa shape index (κ1) is 25.3. The molecule has 3 aromatic carbocycles. The average Bonchev–Trinajstić information content (AvgIpc) is 3.63. The quantitative estimate of drug-likeness (QED) is 0.418. The minimum absolute atomic E-state index is 0.00136. The van der Waals surface area contributed by atoms with Crippen LogP contribution in [-0.4, -0.2) is 41.2 Å². The molecule has 7 rings (SSSR count). The van der Waals surface area contributed by atoms with Gasteiger partial charge in [0.25, 0.3) is 5.91 Å². The van der Waals surface area contributed by atoms with Crippen LogP contribution in [0.25, 0.3) is 0 Å². The first-order chi connectivity index (χ1) is 19.2. The number of aryl methyl sites for hydroxylation is 1. The molecule has 2 N–H and O–H groups in total. The Balaban J connectivity index is 1.51. The molecule has 4 aliphatic heterocycles. The zero-order valence-corrected chi connectivity index (χ0v) is 23.3. The number of ether oxygens (including phenoxy) is 1. The Kier molecular flexibility index (Phi) is 5.48. The van der Waals surface area contributed by atoms with Gasteiger partial charge < -0.3 is 15.4 Å². The van der Waals surface area contributed by atoms with Gasteiger partial charge in [-0.1, -0.05) is 35.9 Å². The van der Waals surface area contributed by atoms with Crippen LogP contribution in [0.4, 0.5) is 11.4 Å². The van der Waals surface area contributed by atoms with Crippen LogP contribution >= 0.6 is 11.6 Å². The number of nitrogens with zero attached hydrogens (tertiary/aromatic N) is 1. The maximum atomic E-state index is 14.7. The van der Waals surface area contributed by atoms with Gasteiger partial charge in [0.15, 0.2) is 5.78 Å². The predicted octanol–water partition coefficient (Wildman–Crippen LogP) is 5.45. The van der Waals surface area contributed by atoms with Crippen LogP contribution in [0.5, 0.6) is 5.75 Å². The Morgan fingerprint density at radius 3 is 2.52 bits per heavy atom. The topological polar surface area (TPSA) is 87.7 Å². The summed E-state index contributed by atoms with van der Waals surface area (Å²) >= 11 is 6.71. The summed E-state index contributed by atoms with van der Waals surface area (Å²) in [6.45, 7) is 6.41. The van der Waals surface area contributed by atoms with Crippen molar-refractivity contribution in [3.05, 3.63) is 87.9 Å². The first-order valence-corrected chi connectivity index (χ1v) is 14.2. The van der Waals surface area contributed by atoms with Crippen molar-refractivity contribution in [3.63, 3.8) is 0 Å². The van der Waals surface area contributed by atoms with Crippen molar-refractivity contribution < 1.29 is 19.1 Å². The summed E-state index contributed by atoms with van der Waals surface area (Å²) in [4.78, 5) is 45.9. The number of carbonyl (C=O) groups excluding carboxylic acids is 3. The van der Waals surface area contributed by atoms with Gasteiger partial charge in [0.2, 0.25) is 5.91 Å². The Labute approximate surface area is 237 Å². The molecule has 0 bridgehead atoms. The molecule has 2 saturated heterocycles. The molecule has 204 valence electrons. The van der Waals surface area contributed by atoms with Crippen molar-refractivity contribution in [2.75, 3.05) is 17.2 Å². The number of fused-ring (bicyclic) bond motifs is 7. The fourth-order valence-electron chi connectivity index (χ4n) is 7.92. The van der Waals surface area contributed by atoms with E-state index >= 15 is 0 Å². The van der Waals surface area contributed by atoms with Crippen LogP contribution in [0.2, 0.25) is 5.02 Å². The fourth-order valence-corrected chi connectivity index (χ4v) is 8.24. The SMILES string of the molecule is Cc1cc(Cl)c2c(c1)[C@]1(C(=O)N2)N2CCC[C@@H]2[C@@H](C(=O)c2ccc(OC(C)C)cc2)[C@]12C(=O)Nc1ccccc12. The van der Waals surface area contributed by atoms with Crippen LogP contribution < -0.4 is 15.4 Å². The van der Waals surface area contributed by atoms with Crippen molar-refractivity contribution in [1.82, 2.24) is 4.90 Å². The standard InChI is InChI=1S/C32H30ClN3O4/c1-17(2)40-20-12-10-19(11-13-20)28(37)26-25-9-6-14-36(25)32(22-15-18(3)16-23(33)27(22)35-30(32)39)31(26)21-7-4-5-8-24(21)34-29(31)38/h4-5,7-8,10-13,15-17,25-26H,6,9,14H2,1-3H3,(H,34,38)(H,35,39)/t25-,26+,31-,32-/m1/s1. The number of hydrogen-bond donors (Lipinski definition) is 2. The number of nitrogens with one attached hydrogen (secondary N) is 2. The van der Waals surface area contributed by atoms with E-state index in [9.17, 15) is 14.4 Å². The molecule has 2 spiro atoms. The van der Waals surface area contributed by atoms with E-state index in [2.05, 4.69) is 15.5 Å². The zero-order chi connectivity index (χ0) is 28.0. The van der Waals surface area contributed by atoms with E-state index in [0.717, 1.165) is 12.0 Å². The monoisotopic (exact) mass is 555 g/mol. The molecular weight excluding hydrogens is 526 g/mol. The third kappa shape index (κ3) is 3.02. The van der Waals surface area contributed by atoms with E-state index in [0.29, 0.717) is 51.8 Å². The van der Waals surface area contributed by atoms with Gasteiger partial charge in [0.05, 0.1) is 22.7 Å². The first-order valence-electron chi connectivity index (χ1n) is 13.8. The molecule has 8 heteroatoms. The number of rotatable bonds is 4. The fraction of sp³-hybridized carbons (Fsp3) is 0.344. The maximum Gasteiger partial charge on any atom is 0.251 e. The summed E-state index contributed by atoms with van der Waals surface area (Å²) in [7, 11) is 0. The highest BCUT2D eigenvalue weighted by molar-refractivity contribution is 6.35. The molecule has 3 aromatic rings. The number of Topliss-reactive ketones (excluding diaryl/α,β-unsaturated/α-hetero) is 1. The van der Waals surface area contributed by atoms with Crippen molar-refractivity contribution in [3.8, 4) is 5.75 Å². The Hall–Kier alpha value is -3.68. The molecule has 40 heavy (non-hydrogen) atoms. The number of hydrogen-bond acceptors (Lipinski definition) is 5. The Bertz CT molecular complexity index is 1600. The van der Waals surface area contributed by atoms with E-state index in [1.165, 1.54) is 0 Å². The smallest absolute Gasteiger partial charge is 0.251 e. The number of benzene rings is 3. The molecule has 4 heterocycles. The summed E-state index contributed by atoms with van der Waals surface area (Å²) in [5.74, 6) is -0.931. The van der Waals surface area contributed by atoms with Crippen LogP contribution in [0, 0.1) is 12.8 Å². The van der Waals surface area contributed by atoms with Crippen LogP contribution in [0.1, 0.15) is 53.7 Å². The largest absolute Gasteiger partial charge is 0.491 e. The van der Waals surface area contributed by atoms with Gasteiger partial charge in [0, 0.05) is 22.9 Å². The molecule has 0 saturated carbocycles. The molecule has 0 radical (unpaired) electrons. The highest BCUT2D eigenvalue weighted by Gasteiger charge is 2.81. The Morgan fingerprint density at radius 2 is 1.77 bits per heavy atom. The van der Waals surface area contributed by atoms with Crippen molar-refractivity contribution >= 4 is 40.6 Å². The second-order valence-corrected chi connectivity index (χ2v) is 12.0. The van der Waals surface area contributed by atoms with Gasteiger partial charge >= 0.3 is 0 Å². The van der Waals surface area contributed by atoms with E-state index in [-0.39, 0.29) is 29.7 Å². The second kappa shape index (κ2) is 8.66. The minimum atomic E-state index is -1.49. The number of halogens is 1. The van der Waals surface area contributed by atoms with Crippen LogP contribution in [0.3, 0.4) is 0 Å². The normalized spacial score (nSPS) is 28.1. The van der Waals surface area contributed by atoms with Gasteiger partial charge in [0.1, 0.15) is 16.7 Å². The number of ketones is 1. The van der Waals surface area contributed by atoms with E-state index < -0.39 is 16.9 Å². The Morgan fingerprint density at radius 1 is 1.02 bits per heavy atom. The molecule has 2 fully saturated rings. The van der Waals surface area contributed by atoms with Crippen molar-refractivity contribution in [1.29, 1.82) is 0 Å². The predicted molar refractivity (Wildman–Crippen MR) is 153 cm³/mol. The van der Waals surface area contributed by atoms with Crippen molar-refractivity contribution in [2.24, 2.45) is 5.92 Å². The number of para-hydroxylation sites is 1. The van der Waals surface area contributed by atoms with Crippen molar-refractivity contribution in [2.45, 2.75) is 56.7 Å². The molecule has 0 aromatic heterocycles. The average molecular weight is 556 g/mol. The van der Waals surface area contributed by atoms with E-state index in [4.69, 9.17) is 16.3 Å². The van der Waals surface area contributed by atoms with Gasteiger partial charge in [-0.05, 0) is 87.7 Å². The van der Waals surface area contributed by atoms with Crippen LogP contribution in [0.15, 0.2) is 60.7 Å². The summed E-state index contributed by atoms with van der Waals surface area (Å²) in [5.41, 5.74) is 0.928. The molecule has 0 aliphatic carbocycles. The van der Waals surface area contributed by atoms with E-state index in [1.54, 1.807) is 24.3 Å². The molecule has 4 atom stereocenters. The lowest BCUT2D eigenvalue weighted by atomic mass is 9.57. The van der Waals surface area contributed by atoms with Gasteiger partial charge in [-0.25, -0.2) is 0 Å². The zero-order valence-electron chi connectivity index (χ0n) is 22.6. The van der Waals surface area contributed by atoms with E-state index in [1.807, 2.05) is 57.2 Å². The second-order valence-electron chi connectivity index (χ2n) is 11.6. The third-order valence-electron chi connectivity index (χ3n) is 9.09. The molecule has 2 amide bonds. The lowest BCUT2D eigenvalue weighted by Gasteiger charge is -2.43. The third-order valence-corrected chi connectivity index (χ3v) is 9.39. The summed E-state index contributed by atoms with van der Waals surface area (Å²) < 4.78 is 5.80. The molecule has 7 nitrogen and oxygen atoms in total. The minimum Gasteiger partial charge on any atom is -0.491 e. The summed E-state index contributed by atoms with van der Waals surface area (Å²) in [6.07, 6.45) is 1.52. The number of anilines is 2. The maximum absolute atomic E-state index is 14.7. The molecule has 0 unspecified atom stereocenters. The van der Waals surface area contributed by atoms with Gasteiger partial charge in [-0.3, -0.25) is 19.3 Å². The molecular formula is C32H30ClN3O4. The number of carbonyl (C=O) groups is 3.